The summed E-state index contributed by atoms with van der Waals surface area (Å²) in [6.45, 7) is 1.33. The van der Waals surface area contributed by atoms with Gasteiger partial charge in [0, 0.05) is 23.1 Å². The van der Waals surface area contributed by atoms with E-state index in [0.717, 1.165) is 0 Å². The van der Waals surface area contributed by atoms with Crippen LogP contribution in [0.4, 0.5) is 0 Å². The number of aliphatic carboxylic acids is 1. The van der Waals surface area contributed by atoms with Crippen molar-refractivity contribution in [3.8, 4) is 0 Å². The maximum Gasteiger partial charge on any atom is 0.323 e. The fraction of sp³-hybridized carbons (Fsp3) is 0.750. The van der Waals surface area contributed by atoms with E-state index in [4.69, 9.17) is 15.9 Å². The van der Waals surface area contributed by atoms with Gasteiger partial charge in [-0.3, -0.25) is 4.79 Å². The van der Waals surface area contributed by atoms with Gasteiger partial charge in [-0.25, -0.2) is 0 Å². The molecule has 0 saturated carbocycles. The lowest BCUT2D eigenvalue weighted by Crippen LogP contribution is -2.39. The SMILES string of the molecule is C[C@@H](O)[C@H](N)C(=O)O.[Mg]. The average molecular weight is 143 g/mol. The van der Waals surface area contributed by atoms with Gasteiger partial charge < -0.3 is 15.9 Å². The summed E-state index contributed by atoms with van der Waals surface area (Å²) in [6, 6.07) is -1.16. The highest BCUT2D eigenvalue weighted by molar-refractivity contribution is 5.75. The number of carboxylic acids is 1. The summed E-state index contributed by atoms with van der Waals surface area (Å²) in [6.07, 6.45) is -0.979. The maximum atomic E-state index is 9.86. The molecule has 0 aromatic carbocycles. The zero-order valence-corrected chi connectivity index (χ0v) is 6.66. The lowest BCUT2D eigenvalue weighted by molar-refractivity contribution is -0.140. The van der Waals surface area contributed by atoms with Crippen LogP contribution in [0.25, 0.3) is 0 Å². The summed E-state index contributed by atoms with van der Waals surface area (Å²) < 4.78 is 0. The summed E-state index contributed by atoms with van der Waals surface area (Å²) in [5.41, 5.74) is 4.91. The quantitative estimate of drug-likeness (QED) is 0.407. The Labute approximate surface area is 69.2 Å². The van der Waals surface area contributed by atoms with Crippen LogP contribution in [0.3, 0.4) is 0 Å². The summed E-state index contributed by atoms with van der Waals surface area (Å²) in [5.74, 6) is -1.18. The van der Waals surface area contributed by atoms with Crippen LogP contribution in [-0.4, -0.2) is 51.4 Å². The Morgan fingerprint density at radius 1 is 1.67 bits per heavy atom. The van der Waals surface area contributed by atoms with E-state index in [1.807, 2.05) is 0 Å². The Morgan fingerprint density at radius 2 is 2.00 bits per heavy atom. The van der Waals surface area contributed by atoms with Gasteiger partial charge >= 0.3 is 5.97 Å². The van der Waals surface area contributed by atoms with E-state index in [0.29, 0.717) is 0 Å². The number of aliphatic hydroxyl groups excluding tert-OH is 1. The molecule has 4 N–H and O–H groups in total. The Bertz CT molecular complexity index is 95.8. The molecule has 4 nitrogen and oxygen atoms in total. The molecule has 0 aliphatic carbocycles. The minimum Gasteiger partial charge on any atom is -0.480 e. The topological polar surface area (TPSA) is 83.5 Å². The van der Waals surface area contributed by atoms with Crippen molar-refractivity contribution in [3.63, 3.8) is 0 Å². The van der Waals surface area contributed by atoms with E-state index in [1.54, 1.807) is 0 Å². The van der Waals surface area contributed by atoms with Gasteiger partial charge in [0.25, 0.3) is 0 Å². The molecule has 5 heteroatoms. The number of hydrogen-bond acceptors (Lipinski definition) is 3. The average Bonchev–Trinajstić information content (AvgIpc) is 1.64. The number of carbonyl (C=O) groups is 1. The summed E-state index contributed by atoms with van der Waals surface area (Å²) >= 11 is 0. The van der Waals surface area contributed by atoms with Crippen molar-refractivity contribution in [2.45, 2.75) is 19.1 Å². The van der Waals surface area contributed by atoms with Crippen LogP contribution in [0.1, 0.15) is 6.92 Å². The Hall–Kier alpha value is 0.156. The second kappa shape index (κ2) is 4.98. The number of carboxylic acid groups (broad SMARTS) is 1. The van der Waals surface area contributed by atoms with Crippen molar-refractivity contribution in [2.75, 3.05) is 0 Å². The van der Waals surface area contributed by atoms with E-state index in [9.17, 15) is 4.79 Å². The number of hydrogen-bond donors (Lipinski definition) is 3. The van der Waals surface area contributed by atoms with Gasteiger partial charge in [-0.15, -0.1) is 0 Å². The second-order valence-corrected chi connectivity index (χ2v) is 1.60. The molecule has 0 bridgehead atoms. The maximum absolute atomic E-state index is 9.86. The first-order chi connectivity index (χ1) is 3.55. The van der Waals surface area contributed by atoms with Gasteiger partial charge in [0.15, 0.2) is 0 Å². The van der Waals surface area contributed by atoms with Crippen LogP contribution < -0.4 is 5.73 Å². The van der Waals surface area contributed by atoms with Crippen LogP contribution in [0.2, 0.25) is 0 Å². The monoisotopic (exact) mass is 143 g/mol. The van der Waals surface area contributed by atoms with Gasteiger partial charge in [-0.2, -0.15) is 0 Å². The van der Waals surface area contributed by atoms with Crippen molar-refractivity contribution >= 4 is 29.0 Å². The predicted molar refractivity (Wildman–Crippen MR) is 33.0 cm³/mol. The third kappa shape index (κ3) is 4.65. The van der Waals surface area contributed by atoms with E-state index in [-0.39, 0.29) is 23.1 Å². The van der Waals surface area contributed by atoms with Crippen LogP contribution in [0.15, 0.2) is 0 Å². The van der Waals surface area contributed by atoms with Crippen molar-refractivity contribution in [1.82, 2.24) is 0 Å². The standard InChI is InChI=1S/C4H9NO3.Mg/c1-2(6)3(5)4(7)8;/h2-3,6H,5H2,1H3,(H,7,8);/t2-,3+;/m1./s1. The minimum absolute atomic E-state index is 0. The zero-order valence-electron chi connectivity index (χ0n) is 5.24. The Kier molecular flexibility index (Phi) is 6.58. The molecule has 0 rings (SSSR count). The molecule has 0 aliphatic rings. The van der Waals surface area contributed by atoms with Gasteiger partial charge in [0.2, 0.25) is 0 Å². The largest absolute Gasteiger partial charge is 0.480 e. The molecule has 0 spiro atoms. The van der Waals surface area contributed by atoms with Crippen molar-refractivity contribution < 1.29 is 15.0 Å². The van der Waals surface area contributed by atoms with Crippen LogP contribution in [-0.2, 0) is 4.79 Å². The number of aliphatic hydroxyl groups is 1. The lowest BCUT2D eigenvalue weighted by atomic mass is 10.2. The fourth-order valence-corrected chi connectivity index (χ4v) is 0.206. The molecule has 0 heterocycles. The Morgan fingerprint density at radius 3 is 2.00 bits per heavy atom. The normalized spacial score (nSPS) is 15.4. The molecule has 2 radical (unpaired) electrons. The molecule has 2 atom stereocenters. The zero-order chi connectivity index (χ0) is 6.73. The number of nitrogens with two attached hydrogens (primary N) is 1. The predicted octanol–water partition coefficient (Wildman–Crippen LogP) is -1.60. The third-order valence-electron chi connectivity index (χ3n) is 0.805. The highest BCUT2D eigenvalue weighted by atomic mass is 24.3. The van der Waals surface area contributed by atoms with Crippen LogP contribution in [0.5, 0.6) is 0 Å². The molecule has 0 amide bonds. The fourth-order valence-electron chi connectivity index (χ4n) is 0.206. The molecule has 50 valence electrons. The molecule has 0 aromatic rings. The van der Waals surface area contributed by atoms with E-state index in [1.165, 1.54) is 6.92 Å². The highest BCUT2D eigenvalue weighted by Gasteiger charge is 2.16. The first-order valence-corrected chi connectivity index (χ1v) is 2.22. The van der Waals surface area contributed by atoms with Gasteiger partial charge in [0.05, 0.1) is 6.10 Å². The van der Waals surface area contributed by atoms with Gasteiger partial charge in [0.1, 0.15) is 6.04 Å². The van der Waals surface area contributed by atoms with Crippen molar-refractivity contribution in [1.29, 1.82) is 0 Å². The first-order valence-electron chi connectivity index (χ1n) is 2.22. The summed E-state index contributed by atoms with van der Waals surface area (Å²) in [4.78, 5) is 9.86. The molecule has 0 fully saturated rings. The summed E-state index contributed by atoms with van der Waals surface area (Å²) in [7, 11) is 0. The van der Waals surface area contributed by atoms with E-state index < -0.39 is 18.1 Å². The minimum atomic E-state index is -1.18. The first kappa shape index (κ1) is 11.9. The van der Waals surface area contributed by atoms with Crippen molar-refractivity contribution in [2.24, 2.45) is 5.73 Å². The molecule has 0 unspecified atom stereocenters. The molecule has 0 saturated heterocycles. The second-order valence-electron chi connectivity index (χ2n) is 1.60. The van der Waals surface area contributed by atoms with Crippen molar-refractivity contribution in [3.05, 3.63) is 0 Å². The van der Waals surface area contributed by atoms with Crippen LogP contribution in [0, 0.1) is 0 Å². The smallest absolute Gasteiger partial charge is 0.323 e. The highest BCUT2D eigenvalue weighted by Crippen LogP contribution is 1.85. The molecular weight excluding hydrogens is 134 g/mol. The van der Waals surface area contributed by atoms with Gasteiger partial charge in [-0.1, -0.05) is 0 Å². The molecule has 0 aliphatic heterocycles. The van der Waals surface area contributed by atoms with E-state index in [2.05, 4.69) is 0 Å². The number of rotatable bonds is 2. The van der Waals surface area contributed by atoms with E-state index >= 15 is 0 Å². The Balaban J connectivity index is 0. The van der Waals surface area contributed by atoms with Crippen LogP contribution >= 0.6 is 0 Å². The lowest BCUT2D eigenvalue weighted by Gasteiger charge is -2.06. The molecule has 0 aromatic heterocycles. The summed E-state index contributed by atoms with van der Waals surface area (Å²) in [5, 5.41) is 16.6. The van der Waals surface area contributed by atoms with Gasteiger partial charge in [-0.05, 0) is 6.92 Å². The molecular formula is C4H9MgNO3. The molecule has 9 heavy (non-hydrogen) atoms. The third-order valence-corrected chi connectivity index (χ3v) is 0.805.